The number of amides is 1. The van der Waals surface area contributed by atoms with Gasteiger partial charge in [0.15, 0.2) is 0 Å². The summed E-state index contributed by atoms with van der Waals surface area (Å²) in [5.74, 6) is -0.0828. The van der Waals surface area contributed by atoms with Gasteiger partial charge >= 0.3 is 0 Å². The van der Waals surface area contributed by atoms with Gasteiger partial charge in [-0.15, -0.1) is 0 Å². The third-order valence-electron chi connectivity index (χ3n) is 4.86. The zero-order valence-electron chi connectivity index (χ0n) is 14.3. The number of para-hydroxylation sites is 1. The lowest BCUT2D eigenvalue weighted by Crippen LogP contribution is -2.44. The van der Waals surface area contributed by atoms with Gasteiger partial charge in [-0.1, -0.05) is 37.5 Å². The SMILES string of the molecule is CCN(CCNC(=O)C1(C#N)CCCCC1)c1ccccc1C. The van der Waals surface area contributed by atoms with Gasteiger partial charge in [-0.3, -0.25) is 4.79 Å². The third kappa shape index (κ3) is 4.04. The first-order chi connectivity index (χ1) is 11.1. The van der Waals surface area contributed by atoms with Crippen LogP contribution in [0.1, 0.15) is 44.6 Å². The van der Waals surface area contributed by atoms with E-state index in [0.717, 1.165) is 32.4 Å². The number of rotatable bonds is 6. The average Bonchev–Trinajstić information content (AvgIpc) is 2.60. The number of aryl methyl sites for hydroxylation is 1. The van der Waals surface area contributed by atoms with Crippen LogP contribution in [0.3, 0.4) is 0 Å². The molecule has 1 aromatic rings. The summed E-state index contributed by atoms with van der Waals surface area (Å²) in [7, 11) is 0. The molecule has 2 rings (SSSR count). The zero-order valence-corrected chi connectivity index (χ0v) is 14.3. The molecule has 0 aliphatic heterocycles. The van der Waals surface area contributed by atoms with Crippen molar-refractivity contribution in [1.82, 2.24) is 5.32 Å². The third-order valence-corrected chi connectivity index (χ3v) is 4.86. The predicted molar refractivity (Wildman–Crippen MR) is 93.2 cm³/mol. The van der Waals surface area contributed by atoms with Crippen molar-refractivity contribution in [2.24, 2.45) is 5.41 Å². The highest BCUT2D eigenvalue weighted by atomic mass is 16.2. The van der Waals surface area contributed by atoms with E-state index in [1.165, 1.54) is 11.3 Å². The van der Waals surface area contributed by atoms with Crippen molar-refractivity contribution in [3.63, 3.8) is 0 Å². The van der Waals surface area contributed by atoms with Gasteiger partial charge in [-0.25, -0.2) is 0 Å². The van der Waals surface area contributed by atoms with Crippen molar-refractivity contribution < 1.29 is 4.79 Å². The molecule has 1 fully saturated rings. The Labute approximate surface area is 139 Å². The fourth-order valence-corrected chi connectivity index (χ4v) is 3.39. The monoisotopic (exact) mass is 313 g/mol. The lowest BCUT2D eigenvalue weighted by atomic mass is 9.74. The molecular weight excluding hydrogens is 286 g/mol. The summed E-state index contributed by atoms with van der Waals surface area (Å²) in [5.41, 5.74) is 1.65. The van der Waals surface area contributed by atoms with Gasteiger partial charge in [0.25, 0.3) is 0 Å². The van der Waals surface area contributed by atoms with E-state index in [0.29, 0.717) is 19.4 Å². The fraction of sp³-hybridized carbons (Fsp3) is 0.579. The molecule has 4 nitrogen and oxygen atoms in total. The smallest absolute Gasteiger partial charge is 0.240 e. The number of nitrogens with one attached hydrogen (secondary N) is 1. The van der Waals surface area contributed by atoms with Crippen LogP contribution < -0.4 is 10.2 Å². The van der Waals surface area contributed by atoms with E-state index >= 15 is 0 Å². The van der Waals surface area contributed by atoms with Crippen LogP contribution >= 0.6 is 0 Å². The minimum absolute atomic E-state index is 0.0828. The van der Waals surface area contributed by atoms with Crippen molar-refractivity contribution in [3.8, 4) is 6.07 Å². The number of anilines is 1. The summed E-state index contributed by atoms with van der Waals surface area (Å²) < 4.78 is 0. The molecule has 124 valence electrons. The molecule has 1 N–H and O–H groups in total. The molecular formula is C19H27N3O. The molecule has 23 heavy (non-hydrogen) atoms. The summed E-state index contributed by atoms with van der Waals surface area (Å²) in [6.07, 6.45) is 4.49. The standard InChI is InChI=1S/C19H27N3O/c1-3-22(17-10-6-5-9-16(17)2)14-13-21-18(23)19(15-20)11-7-4-8-12-19/h5-6,9-10H,3-4,7-8,11-14H2,1-2H3,(H,21,23). The topological polar surface area (TPSA) is 56.1 Å². The first kappa shape index (κ1) is 17.3. The van der Waals surface area contributed by atoms with Crippen LogP contribution in [0.4, 0.5) is 5.69 Å². The van der Waals surface area contributed by atoms with Gasteiger partial charge in [0.1, 0.15) is 5.41 Å². The van der Waals surface area contributed by atoms with Gasteiger partial charge < -0.3 is 10.2 Å². The lowest BCUT2D eigenvalue weighted by Gasteiger charge is -2.30. The number of carbonyl (C=O) groups excluding carboxylic acids is 1. The lowest BCUT2D eigenvalue weighted by molar-refractivity contribution is -0.129. The van der Waals surface area contributed by atoms with E-state index in [9.17, 15) is 10.1 Å². The molecule has 1 aliphatic carbocycles. The first-order valence-corrected chi connectivity index (χ1v) is 8.63. The van der Waals surface area contributed by atoms with Crippen LogP contribution in [0.5, 0.6) is 0 Å². The van der Waals surface area contributed by atoms with Gasteiger partial charge in [0.2, 0.25) is 5.91 Å². The zero-order chi connectivity index (χ0) is 16.7. The summed E-state index contributed by atoms with van der Waals surface area (Å²) in [6, 6.07) is 10.6. The van der Waals surface area contributed by atoms with Crippen LogP contribution in [-0.4, -0.2) is 25.5 Å². The Bertz CT molecular complexity index is 570. The Balaban J connectivity index is 1.91. The number of benzene rings is 1. The molecule has 1 saturated carbocycles. The van der Waals surface area contributed by atoms with Crippen molar-refractivity contribution in [2.45, 2.75) is 46.0 Å². The van der Waals surface area contributed by atoms with E-state index in [4.69, 9.17) is 0 Å². The summed E-state index contributed by atoms with van der Waals surface area (Å²) >= 11 is 0. The van der Waals surface area contributed by atoms with Gasteiger partial charge in [0.05, 0.1) is 6.07 Å². The quantitative estimate of drug-likeness (QED) is 0.875. The second-order valence-corrected chi connectivity index (χ2v) is 6.38. The highest BCUT2D eigenvalue weighted by molar-refractivity contribution is 5.85. The Kier molecular flexibility index (Phi) is 6.04. The minimum atomic E-state index is -0.794. The minimum Gasteiger partial charge on any atom is -0.370 e. The van der Waals surface area contributed by atoms with Crippen molar-refractivity contribution in [3.05, 3.63) is 29.8 Å². The number of nitriles is 1. The number of likely N-dealkylation sites (N-methyl/N-ethyl adjacent to an activating group) is 1. The van der Waals surface area contributed by atoms with Crippen molar-refractivity contribution in [2.75, 3.05) is 24.5 Å². The largest absolute Gasteiger partial charge is 0.370 e. The Morgan fingerprint density at radius 1 is 1.30 bits per heavy atom. The van der Waals surface area contributed by atoms with Crippen molar-refractivity contribution in [1.29, 1.82) is 5.26 Å². The highest BCUT2D eigenvalue weighted by Gasteiger charge is 2.39. The van der Waals surface area contributed by atoms with E-state index < -0.39 is 5.41 Å². The molecule has 1 aromatic carbocycles. The number of hydrogen-bond acceptors (Lipinski definition) is 3. The second kappa shape index (κ2) is 8.01. The maximum Gasteiger partial charge on any atom is 0.240 e. The molecule has 0 unspecified atom stereocenters. The Hall–Kier alpha value is -2.02. The molecule has 1 aliphatic rings. The number of carbonyl (C=O) groups is 1. The molecule has 0 bridgehead atoms. The van der Waals surface area contributed by atoms with Crippen molar-refractivity contribution >= 4 is 11.6 Å². The van der Waals surface area contributed by atoms with E-state index in [1.54, 1.807) is 0 Å². The fourth-order valence-electron chi connectivity index (χ4n) is 3.39. The molecule has 4 heteroatoms. The summed E-state index contributed by atoms with van der Waals surface area (Å²) in [4.78, 5) is 14.7. The maximum absolute atomic E-state index is 12.5. The van der Waals surface area contributed by atoms with Crippen LogP contribution in [-0.2, 0) is 4.79 Å². The van der Waals surface area contributed by atoms with E-state index in [-0.39, 0.29) is 5.91 Å². The molecule has 0 atom stereocenters. The van der Waals surface area contributed by atoms with Gasteiger partial charge in [-0.2, -0.15) is 5.26 Å². The number of nitrogens with zero attached hydrogens (tertiary/aromatic N) is 2. The molecule has 0 heterocycles. The highest BCUT2D eigenvalue weighted by Crippen LogP contribution is 2.35. The molecule has 0 aromatic heterocycles. The predicted octanol–water partition coefficient (Wildman–Crippen LogP) is 3.41. The molecule has 0 saturated heterocycles. The van der Waals surface area contributed by atoms with E-state index in [1.807, 2.05) is 12.1 Å². The van der Waals surface area contributed by atoms with Gasteiger partial charge in [-0.05, 0) is 38.3 Å². The molecule has 0 spiro atoms. The van der Waals surface area contributed by atoms with Crippen LogP contribution in [0.2, 0.25) is 0 Å². The average molecular weight is 313 g/mol. The first-order valence-electron chi connectivity index (χ1n) is 8.63. The van der Waals surface area contributed by atoms with Gasteiger partial charge in [0, 0.05) is 25.3 Å². The maximum atomic E-state index is 12.5. The van der Waals surface area contributed by atoms with Crippen LogP contribution in [0, 0.1) is 23.7 Å². The van der Waals surface area contributed by atoms with Crippen LogP contribution in [0.15, 0.2) is 24.3 Å². The summed E-state index contributed by atoms with van der Waals surface area (Å²) in [5, 5.41) is 12.5. The number of hydrogen-bond donors (Lipinski definition) is 1. The second-order valence-electron chi connectivity index (χ2n) is 6.38. The normalized spacial score (nSPS) is 16.4. The molecule has 1 amide bonds. The summed E-state index contributed by atoms with van der Waals surface area (Å²) in [6.45, 7) is 6.44. The van der Waals surface area contributed by atoms with Crippen LogP contribution in [0.25, 0.3) is 0 Å². The Morgan fingerprint density at radius 2 is 2.00 bits per heavy atom. The Morgan fingerprint density at radius 3 is 2.61 bits per heavy atom. The molecule has 0 radical (unpaired) electrons. The van der Waals surface area contributed by atoms with E-state index in [2.05, 4.69) is 42.3 Å².